The van der Waals surface area contributed by atoms with Crippen LogP contribution in [0, 0.1) is 5.92 Å². The van der Waals surface area contributed by atoms with Gasteiger partial charge in [0.05, 0.1) is 6.61 Å². The molecule has 0 aromatic heterocycles. The second kappa shape index (κ2) is 7.52. The number of likely N-dealkylation sites (N-methyl/N-ethyl adjacent to an activating group) is 1. The SMILES string of the molecule is [2H]CN(C(=O)OCC[Si](C)(C)C)[C@@H](CC(C)C)C(=O)O. The summed E-state index contributed by atoms with van der Waals surface area (Å²) in [4.78, 5) is 24.1. The lowest BCUT2D eigenvalue weighted by Gasteiger charge is -2.26. The van der Waals surface area contributed by atoms with Gasteiger partial charge >= 0.3 is 12.1 Å². The van der Waals surface area contributed by atoms with Crippen molar-refractivity contribution in [2.75, 3.05) is 13.6 Å². The van der Waals surface area contributed by atoms with Gasteiger partial charge in [-0.2, -0.15) is 0 Å². The lowest BCUT2D eigenvalue weighted by Crippen LogP contribution is -2.43. The summed E-state index contributed by atoms with van der Waals surface area (Å²) < 4.78 is 12.5. The normalized spacial score (nSPS) is 13.9. The molecule has 1 atom stereocenters. The van der Waals surface area contributed by atoms with Gasteiger partial charge in [0, 0.05) is 16.5 Å². The minimum atomic E-state index is -1.30. The Balaban J connectivity index is 4.61. The summed E-state index contributed by atoms with van der Waals surface area (Å²) >= 11 is 0. The average Bonchev–Trinajstić information content (AvgIpc) is 2.26. The van der Waals surface area contributed by atoms with E-state index in [1.807, 2.05) is 13.8 Å². The third-order valence-electron chi connectivity index (χ3n) is 2.67. The number of nitrogens with zero attached hydrogens (tertiary/aromatic N) is 1. The smallest absolute Gasteiger partial charge is 0.410 e. The molecule has 0 saturated heterocycles. The van der Waals surface area contributed by atoms with Crippen LogP contribution in [-0.2, 0) is 9.53 Å². The van der Waals surface area contributed by atoms with Crippen molar-refractivity contribution < 1.29 is 20.8 Å². The van der Waals surface area contributed by atoms with Crippen molar-refractivity contribution in [1.29, 1.82) is 0 Å². The molecule has 0 rings (SSSR count). The number of carboxylic acid groups (broad SMARTS) is 1. The van der Waals surface area contributed by atoms with Crippen molar-refractivity contribution in [3.05, 3.63) is 0 Å². The molecule has 0 aliphatic rings. The standard InChI is InChI=1S/C13H27NO4Si/c1-10(2)9-11(12(15)16)14(3)13(17)18-7-8-19(4,5)6/h10-11H,7-9H2,1-6H3,(H,15,16)/t11-/m0/s1/i3D. The van der Waals surface area contributed by atoms with Crippen LogP contribution in [0.3, 0.4) is 0 Å². The Morgan fingerprint density at radius 2 is 1.95 bits per heavy atom. The van der Waals surface area contributed by atoms with Crippen LogP contribution in [0.25, 0.3) is 0 Å². The van der Waals surface area contributed by atoms with E-state index in [0.717, 1.165) is 10.9 Å². The van der Waals surface area contributed by atoms with Gasteiger partial charge in [-0.3, -0.25) is 4.90 Å². The van der Waals surface area contributed by atoms with Crippen molar-refractivity contribution in [2.24, 2.45) is 5.92 Å². The minimum Gasteiger partial charge on any atom is -0.480 e. The zero-order valence-electron chi connectivity index (χ0n) is 13.6. The Kier molecular flexibility index (Phi) is 6.34. The fraction of sp³-hybridized carbons (Fsp3) is 0.846. The number of rotatable bonds is 7. The van der Waals surface area contributed by atoms with Crippen LogP contribution in [0.1, 0.15) is 21.6 Å². The summed E-state index contributed by atoms with van der Waals surface area (Å²) in [7, 11) is -1.71. The highest BCUT2D eigenvalue weighted by atomic mass is 28.3. The first-order valence-electron chi connectivity index (χ1n) is 7.24. The number of amides is 1. The summed E-state index contributed by atoms with van der Waals surface area (Å²) in [6.45, 7) is 10.6. The molecule has 0 unspecified atom stereocenters. The Labute approximate surface area is 118 Å². The second-order valence-corrected chi connectivity index (χ2v) is 12.0. The molecule has 0 spiro atoms. The number of aliphatic carboxylic acids is 1. The molecule has 0 aromatic carbocycles. The number of carbonyl (C=O) groups excluding carboxylic acids is 1. The molecular weight excluding hydrogens is 262 g/mol. The molecule has 1 N–H and O–H groups in total. The highest BCUT2D eigenvalue weighted by Gasteiger charge is 2.28. The number of carbonyl (C=O) groups is 2. The van der Waals surface area contributed by atoms with Crippen LogP contribution in [-0.4, -0.2) is 49.8 Å². The first-order valence-corrected chi connectivity index (χ1v) is 10.2. The van der Waals surface area contributed by atoms with E-state index in [1.54, 1.807) is 0 Å². The molecule has 0 aliphatic carbocycles. The number of ether oxygens (including phenoxy) is 1. The first kappa shape index (κ1) is 16.0. The van der Waals surface area contributed by atoms with Crippen LogP contribution in [0.4, 0.5) is 4.79 Å². The highest BCUT2D eigenvalue weighted by Crippen LogP contribution is 2.13. The van der Waals surface area contributed by atoms with E-state index in [-0.39, 0.29) is 5.92 Å². The summed E-state index contributed by atoms with van der Waals surface area (Å²) in [5.74, 6) is -0.965. The first-order chi connectivity index (χ1) is 9.08. The average molecular weight is 290 g/mol. The van der Waals surface area contributed by atoms with E-state index in [9.17, 15) is 14.7 Å². The fourth-order valence-electron chi connectivity index (χ4n) is 1.46. The predicted octanol–water partition coefficient (Wildman–Crippen LogP) is 2.89. The van der Waals surface area contributed by atoms with E-state index in [2.05, 4.69) is 19.6 Å². The van der Waals surface area contributed by atoms with E-state index in [4.69, 9.17) is 6.11 Å². The van der Waals surface area contributed by atoms with Crippen molar-refractivity contribution in [3.63, 3.8) is 0 Å². The monoisotopic (exact) mass is 290 g/mol. The van der Waals surface area contributed by atoms with Crippen LogP contribution in [0.2, 0.25) is 25.7 Å². The Morgan fingerprint density at radius 1 is 1.37 bits per heavy atom. The van der Waals surface area contributed by atoms with Gasteiger partial charge in [0.1, 0.15) is 6.04 Å². The van der Waals surface area contributed by atoms with E-state index in [0.29, 0.717) is 13.0 Å². The summed E-state index contributed by atoms with van der Waals surface area (Å²) in [6, 6.07) is -0.168. The van der Waals surface area contributed by atoms with Crippen LogP contribution in [0.5, 0.6) is 0 Å². The maximum absolute atomic E-state index is 11.9. The van der Waals surface area contributed by atoms with Crippen molar-refractivity contribution in [3.8, 4) is 0 Å². The lowest BCUT2D eigenvalue weighted by atomic mass is 10.0. The Morgan fingerprint density at radius 3 is 2.32 bits per heavy atom. The molecule has 0 aromatic rings. The van der Waals surface area contributed by atoms with E-state index < -0.39 is 33.2 Å². The van der Waals surface area contributed by atoms with Crippen molar-refractivity contribution in [2.45, 2.75) is 52.0 Å². The molecule has 0 heterocycles. The van der Waals surface area contributed by atoms with E-state index in [1.165, 1.54) is 0 Å². The van der Waals surface area contributed by atoms with Crippen LogP contribution >= 0.6 is 0 Å². The molecular formula is C13H27NO4Si. The van der Waals surface area contributed by atoms with Gasteiger partial charge < -0.3 is 9.84 Å². The molecule has 112 valence electrons. The Hall–Kier alpha value is -1.04. The van der Waals surface area contributed by atoms with Gasteiger partial charge in [-0.15, -0.1) is 0 Å². The van der Waals surface area contributed by atoms with Gasteiger partial charge in [0.2, 0.25) is 0 Å². The quantitative estimate of drug-likeness (QED) is 0.732. The van der Waals surface area contributed by atoms with Crippen molar-refractivity contribution >= 4 is 20.1 Å². The summed E-state index contributed by atoms with van der Waals surface area (Å²) in [5, 5.41) is 9.20. The van der Waals surface area contributed by atoms with Gasteiger partial charge in [-0.1, -0.05) is 33.5 Å². The molecule has 0 bridgehead atoms. The molecule has 0 saturated carbocycles. The Bertz CT molecular complexity index is 331. The number of hydrogen-bond donors (Lipinski definition) is 1. The van der Waals surface area contributed by atoms with Crippen LogP contribution in [0.15, 0.2) is 0 Å². The van der Waals surface area contributed by atoms with Crippen LogP contribution < -0.4 is 0 Å². The maximum atomic E-state index is 11.9. The third kappa shape index (κ3) is 7.87. The second-order valence-electron chi connectivity index (χ2n) is 6.38. The summed E-state index contributed by atoms with van der Waals surface area (Å²) in [6.07, 6.45) is -0.386. The largest absolute Gasteiger partial charge is 0.480 e. The highest BCUT2D eigenvalue weighted by molar-refractivity contribution is 6.76. The van der Waals surface area contributed by atoms with Gasteiger partial charge in [0.15, 0.2) is 0 Å². The molecule has 5 nitrogen and oxygen atoms in total. The molecule has 0 radical (unpaired) electrons. The fourth-order valence-corrected chi connectivity index (χ4v) is 2.18. The zero-order chi connectivity index (χ0) is 15.9. The zero-order valence-corrected chi connectivity index (χ0v) is 13.6. The van der Waals surface area contributed by atoms with Gasteiger partial charge in [-0.25, -0.2) is 9.59 Å². The van der Waals surface area contributed by atoms with Gasteiger partial charge in [0.25, 0.3) is 0 Å². The lowest BCUT2D eigenvalue weighted by molar-refractivity contribution is -0.142. The van der Waals surface area contributed by atoms with Gasteiger partial charge in [-0.05, 0) is 18.4 Å². The van der Waals surface area contributed by atoms with E-state index >= 15 is 0 Å². The topological polar surface area (TPSA) is 66.8 Å². The summed E-state index contributed by atoms with van der Waals surface area (Å²) in [5.41, 5.74) is 0. The molecule has 1 amide bonds. The molecule has 0 fully saturated rings. The van der Waals surface area contributed by atoms with Crippen molar-refractivity contribution in [1.82, 2.24) is 4.90 Å². The third-order valence-corrected chi connectivity index (χ3v) is 4.37. The minimum absolute atomic E-state index is 0.125. The predicted molar refractivity (Wildman–Crippen MR) is 78.1 cm³/mol. The number of carboxylic acids is 1. The molecule has 19 heavy (non-hydrogen) atoms. The maximum Gasteiger partial charge on any atom is 0.410 e. The molecule has 0 aliphatic heterocycles. The molecule has 6 heteroatoms. The number of hydrogen-bond acceptors (Lipinski definition) is 3.